The Balaban J connectivity index is 1.29. The molecule has 0 amide bonds. The third kappa shape index (κ3) is 4.50. The van der Waals surface area contributed by atoms with Crippen molar-refractivity contribution in [1.29, 1.82) is 0 Å². The number of fused-ring (bicyclic) bond motifs is 3. The quantitative estimate of drug-likeness (QED) is 0.339. The lowest BCUT2D eigenvalue weighted by Crippen LogP contribution is -2.22. The normalized spacial score (nSPS) is 11.3. The van der Waals surface area contributed by atoms with E-state index in [1.165, 1.54) is 5.56 Å². The van der Waals surface area contributed by atoms with E-state index in [1.54, 1.807) is 19.5 Å². The van der Waals surface area contributed by atoms with Gasteiger partial charge >= 0.3 is 6.01 Å². The fourth-order valence-corrected chi connectivity index (χ4v) is 4.46. The number of pyridine rings is 2. The molecular formula is C29H26N7O+. The highest BCUT2D eigenvalue weighted by Crippen LogP contribution is 2.25. The highest BCUT2D eigenvalue weighted by atomic mass is 16.5. The number of aromatic nitrogens is 6. The predicted octanol–water partition coefficient (Wildman–Crippen LogP) is 4.22. The van der Waals surface area contributed by atoms with Gasteiger partial charge in [-0.15, -0.1) is 0 Å². The van der Waals surface area contributed by atoms with Crippen molar-refractivity contribution in [3.05, 3.63) is 108 Å². The van der Waals surface area contributed by atoms with E-state index in [2.05, 4.69) is 62.2 Å². The molecular weight excluding hydrogens is 462 g/mol. The Morgan fingerprint density at radius 3 is 2.35 bits per heavy atom. The topological polar surface area (TPSA) is 81.9 Å². The monoisotopic (exact) mass is 488 g/mol. The molecule has 0 saturated heterocycles. The summed E-state index contributed by atoms with van der Waals surface area (Å²) in [6, 6.07) is 23.4. The summed E-state index contributed by atoms with van der Waals surface area (Å²) in [7, 11) is 1.56. The Kier molecular flexibility index (Phi) is 6.00. The van der Waals surface area contributed by atoms with Crippen LogP contribution in [0.3, 0.4) is 0 Å². The minimum atomic E-state index is 0.374. The molecule has 0 aliphatic rings. The third-order valence-electron chi connectivity index (χ3n) is 6.37. The molecule has 0 saturated carbocycles. The number of hydrogen-bond acceptors (Lipinski definition) is 6. The number of ether oxygens (including phenoxy) is 1. The molecule has 4 aromatic heterocycles. The van der Waals surface area contributed by atoms with Crippen LogP contribution >= 0.6 is 0 Å². The van der Waals surface area contributed by atoms with Crippen LogP contribution in [0.5, 0.6) is 6.01 Å². The maximum absolute atomic E-state index is 5.01. The summed E-state index contributed by atoms with van der Waals surface area (Å²) >= 11 is 0. The number of rotatable bonds is 7. The van der Waals surface area contributed by atoms with Gasteiger partial charge < -0.3 is 10.1 Å². The van der Waals surface area contributed by atoms with E-state index < -0.39 is 0 Å². The van der Waals surface area contributed by atoms with Crippen molar-refractivity contribution in [1.82, 2.24) is 30.0 Å². The number of aryl methyl sites for hydroxylation is 1. The van der Waals surface area contributed by atoms with Gasteiger partial charge in [0.1, 0.15) is 5.69 Å². The summed E-state index contributed by atoms with van der Waals surface area (Å²) in [6.07, 6.45) is 7.51. The number of methoxy groups -OCH3 is 1. The second-order valence-electron chi connectivity index (χ2n) is 8.84. The third-order valence-corrected chi connectivity index (χ3v) is 6.37. The first kappa shape index (κ1) is 22.8. The van der Waals surface area contributed by atoms with Crippen LogP contribution < -0.4 is 14.5 Å². The van der Waals surface area contributed by atoms with Crippen LogP contribution in [0.1, 0.15) is 17.0 Å². The summed E-state index contributed by atoms with van der Waals surface area (Å²) in [5.74, 6) is 0.912. The second kappa shape index (κ2) is 9.75. The molecule has 1 N–H and O–H groups in total. The Bertz CT molecular complexity index is 1680. The van der Waals surface area contributed by atoms with Crippen LogP contribution in [0.25, 0.3) is 33.4 Å². The summed E-state index contributed by atoms with van der Waals surface area (Å²) in [5, 5.41) is 9.36. The second-order valence-corrected chi connectivity index (χ2v) is 8.84. The Labute approximate surface area is 214 Å². The van der Waals surface area contributed by atoms with Gasteiger partial charge in [-0.1, -0.05) is 47.1 Å². The molecule has 6 aromatic rings. The molecule has 37 heavy (non-hydrogen) atoms. The smallest absolute Gasteiger partial charge is 0.316 e. The van der Waals surface area contributed by atoms with Crippen LogP contribution in [-0.2, 0) is 13.1 Å². The Morgan fingerprint density at radius 1 is 0.838 bits per heavy atom. The van der Waals surface area contributed by atoms with Crippen molar-refractivity contribution < 1.29 is 9.14 Å². The lowest BCUT2D eigenvalue weighted by molar-refractivity contribution is -0.519. The van der Waals surface area contributed by atoms with Gasteiger partial charge in [-0.25, -0.2) is 14.4 Å². The molecule has 0 fully saturated rings. The van der Waals surface area contributed by atoms with Crippen LogP contribution in [0, 0.1) is 6.92 Å². The van der Waals surface area contributed by atoms with E-state index in [0.717, 1.165) is 51.3 Å². The number of hydrogen-bond donors (Lipinski definition) is 1. The van der Waals surface area contributed by atoms with E-state index >= 15 is 0 Å². The van der Waals surface area contributed by atoms with E-state index in [0.29, 0.717) is 12.6 Å². The van der Waals surface area contributed by atoms with Crippen molar-refractivity contribution in [2.24, 2.45) is 0 Å². The first-order chi connectivity index (χ1) is 18.2. The van der Waals surface area contributed by atoms with Crippen molar-refractivity contribution in [3.63, 3.8) is 0 Å². The van der Waals surface area contributed by atoms with Gasteiger partial charge in [0.05, 0.1) is 24.2 Å². The Morgan fingerprint density at radius 2 is 1.59 bits per heavy atom. The average Bonchev–Trinajstić information content (AvgIpc) is 3.30. The first-order valence-corrected chi connectivity index (χ1v) is 12.1. The minimum Gasteiger partial charge on any atom is -0.467 e. The summed E-state index contributed by atoms with van der Waals surface area (Å²) in [5.41, 5.74) is 7.32. The molecule has 2 aromatic carbocycles. The average molecular weight is 489 g/mol. The van der Waals surface area contributed by atoms with Crippen LogP contribution in [-0.4, -0.2) is 31.8 Å². The molecule has 0 atom stereocenters. The van der Waals surface area contributed by atoms with Crippen LogP contribution in [0.2, 0.25) is 0 Å². The van der Waals surface area contributed by atoms with Gasteiger partial charge in [-0.2, -0.15) is 0 Å². The van der Waals surface area contributed by atoms with Crippen molar-refractivity contribution >= 4 is 16.6 Å². The van der Waals surface area contributed by atoms with Gasteiger partial charge in [0.2, 0.25) is 0 Å². The predicted molar refractivity (Wildman–Crippen MR) is 141 cm³/mol. The maximum Gasteiger partial charge on any atom is 0.316 e. The largest absolute Gasteiger partial charge is 0.467 e. The highest BCUT2D eigenvalue weighted by Gasteiger charge is 2.21. The van der Waals surface area contributed by atoms with Crippen molar-refractivity contribution in [2.45, 2.75) is 20.0 Å². The summed E-state index contributed by atoms with van der Waals surface area (Å²) < 4.78 is 9.13. The molecule has 0 radical (unpaired) electrons. The molecule has 0 unspecified atom stereocenters. The van der Waals surface area contributed by atoms with Crippen molar-refractivity contribution in [3.8, 4) is 22.8 Å². The van der Waals surface area contributed by atoms with E-state index in [9.17, 15) is 0 Å². The lowest BCUT2D eigenvalue weighted by atomic mass is 10.1. The zero-order chi connectivity index (χ0) is 25.2. The first-order valence-electron chi connectivity index (χ1n) is 12.1. The van der Waals surface area contributed by atoms with E-state index in [1.807, 2.05) is 48.3 Å². The molecule has 8 nitrogen and oxygen atoms in total. The maximum atomic E-state index is 5.01. The molecule has 0 aliphatic heterocycles. The van der Waals surface area contributed by atoms with Gasteiger partial charge in [0.15, 0.2) is 0 Å². The van der Waals surface area contributed by atoms with Gasteiger partial charge in [-0.05, 0) is 35.4 Å². The molecule has 4 heterocycles. The highest BCUT2D eigenvalue weighted by molar-refractivity contribution is 5.92. The number of nitrogens with zero attached hydrogens (tertiary/aromatic N) is 6. The molecule has 0 spiro atoms. The minimum absolute atomic E-state index is 0.374. The van der Waals surface area contributed by atoms with E-state index in [-0.39, 0.29) is 0 Å². The molecule has 8 heteroatoms. The summed E-state index contributed by atoms with van der Waals surface area (Å²) in [6.45, 7) is 3.42. The van der Waals surface area contributed by atoms with Crippen molar-refractivity contribution in [2.75, 3.05) is 7.11 Å². The summed E-state index contributed by atoms with van der Waals surface area (Å²) in [4.78, 5) is 13.1. The van der Waals surface area contributed by atoms with E-state index in [4.69, 9.17) is 14.8 Å². The number of nitrogens with one attached hydrogen (secondary N) is 1. The van der Waals surface area contributed by atoms with Gasteiger partial charge in [-0.3, -0.25) is 4.98 Å². The SMILES string of the molecule is COc1ncc(CNCc2ccc(-n3nc(C)[n+]4ccc5ncc(-c6ccccc6)cc5c34)cc2)cn1. The molecule has 0 bridgehead atoms. The zero-order valence-corrected chi connectivity index (χ0v) is 20.7. The Hall–Kier alpha value is -4.69. The molecule has 6 rings (SSSR count). The zero-order valence-electron chi connectivity index (χ0n) is 20.7. The molecule has 182 valence electrons. The van der Waals surface area contributed by atoms with Crippen LogP contribution in [0.15, 0.2) is 91.5 Å². The lowest BCUT2D eigenvalue weighted by Gasteiger charge is -2.06. The fourth-order valence-electron chi connectivity index (χ4n) is 4.46. The fraction of sp³-hybridized carbons (Fsp3) is 0.138. The van der Waals surface area contributed by atoms with Crippen LogP contribution in [0.4, 0.5) is 0 Å². The van der Waals surface area contributed by atoms with Gasteiger partial charge in [0, 0.05) is 54.8 Å². The molecule has 0 aliphatic carbocycles. The number of benzene rings is 2. The standard InChI is InChI=1S/C29H26N7O/c1-20-34-36(25-10-8-21(9-11-25)15-30-16-22-17-32-29(37-2)33-18-22)28-26-14-24(23-6-4-3-5-7-23)19-31-27(26)12-13-35(20)28/h3-14,17-19,30H,15-16H2,1-2H3/q+1. The van der Waals surface area contributed by atoms with Gasteiger partial charge in [0.25, 0.3) is 11.5 Å².